The number of aryl methyl sites for hydroxylation is 1. The molecule has 0 atom stereocenters. The maximum absolute atomic E-state index is 13.0. The van der Waals surface area contributed by atoms with Crippen LogP contribution in [-0.2, 0) is 13.0 Å². The first-order valence-electron chi connectivity index (χ1n) is 9.19. The Morgan fingerprint density at radius 2 is 2.11 bits per heavy atom. The van der Waals surface area contributed by atoms with E-state index in [1.165, 1.54) is 0 Å². The summed E-state index contributed by atoms with van der Waals surface area (Å²) in [6.45, 7) is 6.56. The molecule has 142 valence electrons. The fourth-order valence-electron chi connectivity index (χ4n) is 3.14. The average molecular weight is 386 g/mol. The van der Waals surface area contributed by atoms with Crippen LogP contribution in [0.5, 0.6) is 0 Å². The standard InChI is InChI=1S/C21H24ClN3O2/c1-4-7-18-19(21(26)23-13-17-10-6-11-27-17)20(14(2)3)25(24-18)16-9-5-8-15(22)12-16/h5-6,8-12,14H,4,7,13H2,1-3H3,(H,23,26). The molecule has 0 bridgehead atoms. The highest BCUT2D eigenvalue weighted by molar-refractivity contribution is 6.30. The lowest BCUT2D eigenvalue weighted by atomic mass is 10.0. The first-order chi connectivity index (χ1) is 13.0. The minimum atomic E-state index is -0.133. The Hall–Kier alpha value is -2.53. The zero-order valence-corrected chi connectivity index (χ0v) is 16.6. The number of furan rings is 1. The van der Waals surface area contributed by atoms with E-state index >= 15 is 0 Å². The Balaban J connectivity index is 2.03. The van der Waals surface area contributed by atoms with Gasteiger partial charge in [0.15, 0.2) is 0 Å². The summed E-state index contributed by atoms with van der Waals surface area (Å²) in [4.78, 5) is 13.0. The predicted octanol–water partition coefficient (Wildman–Crippen LogP) is 5.12. The fraction of sp³-hybridized carbons (Fsp3) is 0.333. The van der Waals surface area contributed by atoms with Gasteiger partial charge in [0.2, 0.25) is 0 Å². The molecule has 0 saturated heterocycles. The monoisotopic (exact) mass is 385 g/mol. The van der Waals surface area contributed by atoms with Crippen molar-refractivity contribution in [3.05, 3.63) is 70.4 Å². The lowest BCUT2D eigenvalue weighted by Gasteiger charge is -2.13. The minimum Gasteiger partial charge on any atom is -0.467 e. The number of hydrogen-bond donors (Lipinski definition) is 1. The second-order valence-corrected chi connectivity index (χ2v) is 7.20. The number of carbonyl (C=O) groups is 1. The molecule has 0 spiro atoms. The first-order valence-corrected chi connectivity index (χ1v) is 9.57. The molecule has 0 aliphatic heterocycles. The van der Waals surface area contributed by atoms with Crippen LogP contribution in [0, 0.1) is 0 Å². The van der Waals surface area contributed by atoms with E-state index in [1.807, 2.05) is 35.0 Å². The summed E-state index contributed by atoms with van der Waals surface area (Å²) in [5, 5.41) is 8.37. The second kappa shape index (κ2) is 8.44. The van der Waals surface area contributed by atoms with E-state index in [1.54, 1.807) is 12.3 Å². The van der Waals surface area contributed by atoms with Gasteiger partial charge in [-0.3, -0.25) is 4.79 Å². The van der Waals surface area contributed by atoms with E-state index in [-0.39, 0.29) is 11.8 Å². The van der Waals surface area contributed by atoms with Crippen LogP contribution in [0.4, 0.5) is 0 Å². The molecule has 0 aliphatic rings. The van der Waals surface area contributed by atoms with Crippen molar-refractivity contribution in [2.45, 2.75) is 46.1 Å². The number of benzene rings is 1. The van der Waals surface area contributed by atoms with Crippen LogP contribution in [0.15, 0.2) is 47.1 Å². The number of aromatic nitrogens is 2. The molecule has 6 heteroatoms. The first kappa shape index (κ1) is 19.2. The van der Waals surface area contributed by atoms with Crippen LogP contribution in [0.1, 0.15) is 60.6 Å². The number of hydrogen-bond acceptors (Lipinski definition) is 3. The highest BCUT2D eigenvalue weighted by atomic mass is 35.5. The molecular weight excluding hydrogens is 362 g/mol. The molecule has 0 aliphatic carbocycles. The molecule has 2 heterocycles. The van der Waals surface area contributed by atoms with Gasteiger partial charge in [0.1, 0.15) is 5.76 Å². The molecule has 1 amide bonds. The summed E-state index contributed by atoms with van der Waals surface area (Å²) in [7, 11) is 0. The molecule has 5 nitrogen and oxygen atoms in total. The number of amides is 1. The third-order valence-corrected chi connectivity index (χ3v) is 4.55. The summed E-state index contributed by atoms with van der Waals surface area (Å²) in [6.07, 6.45) is 3.24. The average Bonchev–Trinajstić information content (AvgIpc) is 3.27. The Morgan fingerprint density at radius 3 is 2.74 bits per heavy atom. The van der Waals surface area contributed by atoms with Gasteiger partial charge in [-0.15, -0.1) is 0 Å². The smallest absolute Gasteiger partial charge is 0.255 e. The molecule has 1 N–H and O–H groups in total. The third kappa shape index (κ3) is 4.25. The Bertz CT molecular complexity index is 914. The molecule has 1 aromatic carbocycles. The van der Waals surface area contributed by atoms with Crippen LogP contribution in [0.2, 0.25) is 5.02 Å². The lowest BCUT2D eigenvalue weighted by Crippen LogP contribution is -2.25. The summed E-state index contributed by atoms with van der Waals surface area (Å²) in [5.74, 6) is 0.701. The van der Waals surface area contributed by atoms with Gasteiger partial charge >= 0.3 is 0 Å². The predicted molar refractivity (Wildman–Crippen MR) is 107 cm³/mol. The molecule has 2 aromatic heterocycles. The van der Waals surface area contributed by atoms with Crippen molar-refractivity contribution in [1.29, 1.82) is 0 Å². The topological polar surface area (TPSA) is 60.1 Å². The zero-order chi connectivity index (χ0) is 19.4. The van der Waals surface area contributed by atoms with Crippen LogP contribution in [-0.4, -0.2) is 15.7 Å². The molecule has 0 radical (unpaired) electrons. The van der Waals surface area contributed by atoms with E-state index in [2.05, 4.69) is 26.1 Å². The quantitative estimate of drug-likeness (QED) is 0.613. The van der Waals surface area contributed by atoms with Gasteiger partial charge in [-0.1, -0.05) is 44.9 Å². The van der Waals surface area contributed by atoms with E-state index in [4.69, 9.17) is 21.1 Å². The van der Waals surface area contributed by atoms with Crippen LogP contribution < -0.4 is 5.32 Å². The largest absolute Gasteiger partial charge is 0.467 e. The Kier molecular flexibility index (Phi) is 6.01. The number of nitrogens with zero attached hydrogens (tertiary/aromatic N) is 2. The summed E-state index contributed by atoms with van der Waals surface area (Å²) >= 11 is 6.17. The molecule has 3 aromatic rings. The van der Waals surface area contributed by atoms with Gasteiger partial charge in [-0.2, -0.15) is 5.10 Å². The fourth-order valence-corrected chi connectivity index (χ4v) is 3.33. The molecule has 27 heavy (non-hydrogen) atoms. The SMILES string of the molecule is CCCc1nn(-c2cccc(Cl)c2)c(C(C)C)c1C(=O)NCc1ccco1. The Morgan fingerprint density at radius 1 is 1.30 bits per heavy atom. The number of halogens is 1. The van der Waals surface area contributed by atoms with Gasteiger partial charge in [0, 0.05) is 5.02 Å². The van der Waals surface area contributed by atoms with Gasteiger partial charge in [-0.05, 0) is 42.7 Å². The second-order valence-electron chi connectivity index (χ2n) is 6.77. The number of nitrogens with one attached hydrogen (secondary N) is 1. The Labute approximate surface area is 164 Å². The van der Waals surface area contributed by atoms with Crippen molar-refractivity contribution in [3.63, 3.8) is 0 Å². The van der Waals surface area contributed by atoms with Crippen LogP contribution in [0.3, 0.4) is 0 Å². The van der Waals surface area contributed by atoms with Crippen molar-refractivity contribution in [3.8, 4) is 5.69 Å². The highest BCUT2D eigenvalue weighted by Crippen LogP contribution is 2.28. The van der Waals surface area contributed by atoms with E-state index in [0.29, 0.717) is 22.9 Å². The normalized spacial score (nSPS) is 11.1. The van der Waals surface area contributed by atoms with Crippen molar-refractivity contribution >= 4 is 17.5 Å². The lowest BCUT2D eigenvalue weighted by molar-refractivity contribution is 0.0945. The third-order valence-electron chi connectivity index (χ3n) is 4.31. The molecule has 0 saturated carbocycles. The zero-order valence-electron chi connectivity index (χ0n) is 15.8. The maximum atomic E-state index is 13.0. The van der Waals surface area contributed by atoms with Crippen molar-refractivity contribution in [1.82, 2.24) is 15.1 Å². The van der Waals surface area contributed by atoms with Gasteiger partial charge in [0.05, 0.1) is 35.4 Å². The van der Waals surface area contributed by atoms with Crippen molar-refractivity contribution in [2.75, 3.05) is 0 Å². The van der Waals surface area contributed by atoms with Gasteiger partial charge < -0.3 is 9.73 Å². The van der Waals surface area contributed by atoms with Gasteiger partial charge in [0.25, 0.3) is 5.91 Å². The minimum absolute atomic E-state index is 0.117. The molecule has 0 fully saturated rings. The summed E-state index contributed by atoms with van der Waals surface area (Å²) in [6, 6.07) is 11.2. The van der Waals surface area contributed by atoms with Gasteiger partial charge in [-0.25, -0.2) is 4.68 Å². The molecule has 3 rings (SSSR count). The van der Waals surface area contributed by atoms with Crippen molar-refractivity contribution in [2.24, 2.45) is 0 Å². The van der Waals surface area contributed by atoms with Crippen LogP contribution >= 0.6 is 11.6 Å². The maximum Gasteiger partial charge on any atom is 0.255 e. The van der Waals surface area contributed by atoms with E-state index < -0.39 is 0 Å². The van der Waals surface area contributed by atoms with Crippen LogP contribution in [0.25, 0.3) is 5.69 Å². The molecule has 0 unspecified atom stereocenters. The van der Waals surface area contributed by atoms with Crippen molar-refractivity contribution < 1.29 is 9.21 Å². The molecular formula is C21H24ClN3O2. The number of carbonyl (C=O) groups excluding carboxylic acids is 1. The summed E-state index contributed by atoms with van der Waals surface area (Å²) in [5.41, 5.74) is 3.20. The number of rotatable bonds is 7. The summed E-state index contributed by atoms with van der Waals surface area (Å²) < 4.78 is 7.16. The van der Waals surface area contributed by atoms with E-state index in [9.17, 15) is 4.79 Å². The van der Waals surface area contributed by atoms with E-state index in [0.717, 1.165) is 29.9 Å². The highest BCUT2D eigenvalue weighted by Gasteiger charge is 2.26.